The SMILES string of the molecule is Cc1oc2cc(OCC(=O)NCCCCCC(=O)[O-])ccc2c(=O)c1-c1ccc2c(c1)OCCCO2. The van der Waals surface area contributed by atoms with Crippen molar-refractivity contribution in [3.63, 3.8) is 0 Å². The molecule has 190 valence electrons. The Bertz CT molecular complexity index is 1310. The van der Waals surface area contributed by atoms with Gasteiger partial charge in [-0.1, -0.05) is 12.5 Å². The Balaban J connectivity index is 1.42. The van der Waals surface area contributed by atoms with Gasteiger partial charge in [-0.15, -0.1) is 0 Å². The Hall–Kier alpha value is -4.01. The predicted octanol–water partition coefficient (Wildman–Crippen LogP) is 2.74. The molecule has 3 aromatic rings. The Kier molecular flexibility index (Phi) is 8.10. The van der Waals surface area contributed by atoms with Crippen LogP contribution in [0.2, 0.25) is 0 Å². The minimum absolute atomic E-state index is 0.0206. The van der Waals surface area contributed by atoms with E-state index in [9.17, 15) is 19.5 Å². The number of benzene rings is 2. The molecule has 1 N–H and O–H groups in total. The van der Waals surface area contributed by atoms with Gasteiger partial charge in [-0.2, -0.15) is 0 Å². The van der Waals surface area contributed by atoms with E-state index < -0.39 is 5.97 Å². The summed E-state index contributed by atoms with van der Waals surface area (Å²) in [4.78, 5) is 35.7. The van der Waals surface area contributed by atoms with Crippen molar-refractivity contribution in [1.29, 1.82) is 0 Å². The highest BCUT2D eigenvalue weighted by molar-refractivity contribution is 5.84. The monoisotopic (exact) mass is 494 g/mol. The number of carboxylic acids is 1. The van der Waals surface area contributed by atoms with E-state index in [0.29, 0.717) is 84.1 Å². The second-order valence-corrected chi connectivity index (χ2v) is 8.55. The van der Waals surface area contributed by atoms with Gasteiger partial charge in [0.2, 0.25) is 5.43 Å². The summed E-state index contributed by atoms with van der Waals surface area (Å²) in [5, 5.41) is 13.5. The van der Waals surface area contributed by atoms with E-state index >= 15 is 0 Å². The second kappa shape index (κ2) is 11.6. The molecule has 4 rings (SSSR count). The van der Waals surface area contributed by atoms with Crippen molar-refractivity contribution >= 4 is 22.8 Å². The number of hydrogen-bond acceptors (Lipinski definition) is 8. The third kappa shape index (κ3) is 6.16. The van der Waals surface area contributed by atoms with Crippen molar-refractivity contribution in [3.8, 4) is 28.4 Å². The summed E-state index contributed by atoms with van der Waals surface area (Å²) in [5.74, 6) is 0.748. The molecule has 1 aromatic heterocycles. The molecule has 0 radical (unpaired) electrons. The number of amides is 1. The Morgan fingerprint density at radius 1 is 1.03 bits per heavy atom. The van der Waals surface area contributed by atoms with Gasteiger partial charge >= 0.3 is 0 Å². The molecule has 1 aliphatic rings. The lowest BCUT2D eigenvalue weighted by atomic mass is 10.0. The molecule has 2 aromatic carbocycles. The first-order valence-corrected chi connectivity index (χ1v) is 12.0. The summed E-state index contributed by atoms with van der Waals surface area (Å²) in [6, 6.07) is 10.3. The second-order valence-electron chi connectivity index (χ2n) is 8.55. The quantitative estimate of drug-likeness (QED) is 0.426. The van der Waals surface area contributed by atoms with Crippen LogP contribution in [0.5, 0.6) is 17.2 Å². The van der Waals surface area contributed by atoms with Gasteiger partial charge in [0.1, 0.15) is 17.1 Å². The zero-order valence-corrected chi connectivity index (χ0v) is 20.1. The summed E-state index contributed by atoms with van der Waals surface area (Å²) >= 11 is 0. The third-order valence-electron chi connectivity index (χ3n) is 5.83. The average molecular weight is 495 g/mol. The molecule has 9 heteroatoms. The molecule has 0 saturated carbocycles. The van der Waals surface area contributed by atoms with Crippen molar-refractivity contribution < 1.29 is 33.3 Å². The van der Waals surface area contributed by atoms with Gasteiger partial charge in [-0.05, 0) is 56.0 Å². The number of carbonyl (C=O) groups excluding carboxylic acids is 2. The summed E-state index contributed by atoms with van der Waals surface area (Å²) in [7, 11) is 0. The van der Waals surface area contributed by atoms with Gasteiger partial charge in [0.25, 0.3) is 5.91 Å². The summed E-state index contributed by atoms with van der Waals surface area (Å²) in [6.45, 7) is 3.11. The lowest BCUT2D eigenvalue weighted by molar-refractivity contribution is -0.305. The highest BCUT2D eigenvalue weighted by atomic mass is 16.5. The fraction of sp³-hybridized carbons (Fsp3) is 0.370. The molecule has 0 aliphatic carbocycles. The number of rotatable bonds is 10. The van der Waals surface area contributed by atoms with Crippen LogP contribution < -0.4 is 30.1 Å². The maximum Gasteiger partial charge on any atom is 0.257 e. The molecular formula is C27H28NO8-. The van der Waals surface area contributed by atoms with Crippen LogP contribution in [0.3, 0.4) is 0 Å². The molecule has 0 spiro atoms. The highest BCUT2D eigenvalue weighted by Crippen LogP contribution is 2.35. The molecule has 1 amide bonds. The Morgan fingerprint density at radius 2 is 1.83 bits per heavy atom. The molecule has 0 saturated heterocycles. The minimum atomic E-state index is -1.07. The van der Waals surface area contributed by atoms with Crippen LogP contribution in [0, 0.1) is 6.92 Å². The third-order valence-corrected chi connectivity index (χ3v) is 5.83. The zero-order chi connectivity index (χ0) is 25.5. The van der Waals surface area contributed by atoms with Crippen LogP contribution in [0.25, 0.3) is 22.1 Å². The number of ether oxygens (including phenoxy) is 3. The average Bonchev–Trinajstić information content (AvgIpc) is 3.09. The van der Waals surface area contributed by atoms with Crippen LogP contribution in [0.4, 0.5) is 0 Å². The minimum Gasteiger partial charge on any atom is -0.550 e. The Morgan fingerprint density at radius 3 is 2.64 bits per heavy atom. The van der Waals surface area contributed by atoms with Gasteiger partial charge in [0.15, 0.2) is 18.1 Å². The lowest BCUT2D eigenvalue weighted by Crippen LogP contribution is -2.29. The smallest absolute Gasteiger partial charge is 0.257 e. The van der Waals surface area contributed by atoms with E-state index in [1.54, 1.807) is 37.3 Å². The first kappa shape index (κ1) is 25.1. The fourth-order valence-corrected chi connectivity index (χ4v) is 4.03. The molecule has 9 nitrogen and oxygen atoms in total. The maximum atomic E-state index is 13.3. The largest absolute Gasteiger partial charge is 0.550 e. The number of carbonyl (C=O) groups is 2. The number of fused-ring (bicyclic) bond motifs is 2. The first-order chi connectivity index (χ1) is 17.4. The van der Waals surface area contributed by atoms with E-state index in [-0.39, 0.29) is 24.4 Å². The van der Waals surface area contributed by atoms with Crippen molar-refractivity contribution in [2.24, 2.45) is 0 Å². The molecule has 0 bridgehead atoms. The molecule has 36 heavy (non-hydrogen) atoms. The topological polar surface area (TPSA) is 127 Å². The summed E-state index contributed by atoms with van der Waals surface area (Å²) in [6.07, 6.45) is 2.69. The number of hydrogen-bond donors (Lipinski definition) is 1. The number of aryl methyl sites for hydroxylation is 1. The van der Waals surface area contributed by atoms with Crippen LogP contribution in [0.15, 0.2) is 45.6 Å². The van der Waals surface area contributed by atoms with Crippen LogP contribution in [-0.4, -0.2) is 38.2 Å². The van der Waals surface area contributed by atoms with Crippen molar-refractivity contribution in [1.82, 2.24) is 5.32 Å². The van der Waals surface area contributed by atoms with Gasteiger partial charge < -0.3 is 33.8 Å². The molecule has 1 aliphatic heterocycles. The van der Waals surface area contributed by atoms with Gasteiger partial charge in [-0.3, -0.25) is 9.59 Å². The normalized spacial score (nSPS) is 12.7. The molecule has 0 unspecified atom stereocenters. The van der Waals surface area contributed by atoms with Gasteiger partial charge in [0.05, 0.1) is 24.2 Å². The van der Waals surface area contributed by atoms with Gasteiger partial charge in [-0.25, -0.2) is 0 Å². The van der Waals surface area contributed by atoms with Crippen LogP contribution in [0.1, 0.15) is 37.9 Å². The van der Waals surface area contributed by atoms with Crippen molar-refractivity contribution in [2.45, 2.75) is 39.0 Å². The van der Waals surface area contributed by atoms with E-state index in [1.165, 1.54) is 0 Å². The number of carboxylic acid groups (broad SMARTS) is 1. The fourth-order valence-electron chi connectivity index (χ4n) is 4.03. The molecule has 2 heterocycles. The number of nitrogens with one attached hydrogen (secondary N) is 1. The summed E-state index contributed by atoms with van der Waals surface area (Å²) in [5.41, 5.74) is 1.32. The first-order valence-electron chi connectivity index (χ1n) is 12.0. The lowest BCUT2D eigenvalue weighted by Gasteiger charge is -2.12. The number of aliphatic carboxylic acids is 1. The predicted molar refractivity (Wildman–Crippen MR) is 130 cm³/mol. The van der Waals surface area contributed by atoms with Crippen molar-refractivity contribution in [2.75, 3.05) is 26.4 Å². The van der Waals surface area contributed by atoms with E-state index in [1.807, 2.05) is 6.07 Å². The van der Waals surface area contributed by atoms with Crippen molar-refractivity contribution in [3.05, 3.63) is 52.4 Å². The van der Waals surface area contributed by atoms with Gasteiger partial charge in [0, 0.05) is 25.0 Å². The molecule has 0 fully saturated rings. The zero-order valence-electron chi connectivity index (χ0n) is 20.1. The molecule has 0 atom stereocenters. The Labute approximate surface area is 208 Å². The van der Waals surface area contributed by atoms with Crippen LogP contribution in [-0.2, 0) is 9.59 Å². The van der Waals surface area contributed by atoms with E-state index in [2.05, 4.69) is 5.32 Å². The summed E-state index contributed by atoms with van der Waals surface area (Å²) < 4.78 is 23.0. The number of unbranched alkanes of at least 4 members (excludes halogenated alkanes) is 2. The maximum absolute atomic E-state index is 13.3. The van der Waals surface area contributed by atoms with E-state index in [4.69, 9.17) is 18.6 Å². The van der Waals surface area contributed by atoms with E-state index in [0.717, 1.165) is 6.42 Å². The standard InChI is InChI=1S/C27H29NO8/c1-17-26(18-7-10-21-23(14-18)34-13-5-12-33-21)27(32)20-9-8-19(15-22(20)36-17)35-16-24(29)28-11-4-2-3-6-25(30)31/h7-10,14-15H,2-6,11-13,16H2,1H3,(H,28,29)(H,30,31)/p-1. The molecular weight excluding hydrogens is 466 g/mol. The van der Waals surface area contributed by atoms with Crippen LogP contribution >= 0.6 is 0 Å². The highest BCUT2D eigenvalue weighted by Gasteiger charge is 2.18.